The third-order valence-corrected chi connectivity index (χ3v) is 6.61. The lowest BCUT2D eigenvalue weighted by Gasteiger charge is -2.17. The van der Waals surface area contributed by atoms with Gasteiger partial charge in [0, 0.05) is 25.2 Å². The van der Waals surface area contributed by atoms with E-state index in [0.29, 0.717) is 38.0 Å². The molecule has 1 aromatic carbocycles. The normalized spacial score (nSPS) is 12.1. The Balaban J connectivity index is 2.02. The Kier molecular flexibility index (Phi) is 20.3. The summed E-state index contributed by atoms with van der Waals surface area (Å²) in [5.74, 6) is -1.95. The second-order valence-electron chi connectivity index (χ2n) is 10.5. The Morgan fingerprint density at radius 1 is 0.750 bits per heavy atom. The lowest BCUT2D eigenvalue weighted by Crippen LogP contribution is -2.49. The molecule has 1 rings (SSSR count). The van der Waals surface area contributed by atoms with Gasteiger partial charge in [0.05, 0.1) is 18.9 Å². The van der Waals surface area contributed by atoms with Crippen LogP contribution < -0.4 is 49.1 Å². The van der Waals surface area contributed by atoms with E-state index < -0.39 is 29.8 Å². The molecule has 0 saturated carbocycles. The first-order valence-corrected chi connectivity index (χ1v) is 15.2. The van der Waals surface area contributed by atoms with E-state index in [0.717, 1.165) is 58.3 Å². The van der Waals surface area contributed by atoms with E-state index in [-0.39, 0.29) is 30.5 Å². The van der Waals surface area contributed by atoms with Crippen LogP contribution in [0.4, 0.5) is 0 Å². The van der Waals surface area contributed by atoms with Crippen LogP contribution in [-0.4, -0.2) is 92.6 Å². The molecule has 2 unspecified atom stereocenters. The van der Waals surface area contributed by atoms with Crippen LogP contribution in [-0.2, 0) is 25.6 Å². The highest BCUT2D eigenvalue weighted by Gasteiger charge is 2.23. The van der Waals surface area contributed by atoms with Gasteiger partial charge in [-0.2, -0.15) is 0 Å². The Hall–Kier alpha value is -3.95. The van der Waals surface area contributed by atoms with Crippen LogP contribution in [0, 0.1) is 5.41 Å². The molecule has 1 aromatic rings. The first-order chi connectivity index (χ1) is 21.1. The Labute approximate surface area is 259 Å². The first kappa shape index (κ1) is 38.1. The largest absolute Gasteiger partial charge is 0.508 e. The number of unbranched alkanes of at least 4 members (excludes halogenated alkanes) is 2. The van der Waals surface area contributed by atoms with E-state index in [2.05, 4.69) is 31.9 Å². The highest BCUT2D eigenvalue weighted by Crippen LogP contribution is 2.16. The molecule has 0 aliphatic heterocycles. The molecule has 15 heteroatoms. The number of hydrogen-bond donors (Lipinski definition) is 11. The van der Waals surface area contributed by atoms with Crippen molar-refractivity contribution in [1.29, 1.82) is 5.41 Å². The zero-order valence-electron chi connectivity index (χ0n) is 25.6. The average Bonchev–Trinajstić information content (AvgIpc) is 2.97. The summed E-state index contributed by atoms with van der Waals surface area (Å²) in [7, 11) is 0. The number of phenols is 1. The topological polar surface area (TPSA) is 263 Å². The van der Waals surface area contributed by atoms with Crippen LogP contribution in [0.2, 0.25) is 0 Å². The molecule has 14 N–H and O–H groups in total. The molecule has 0 aliphatic carbocycles. The van der Waals surface area contributed by atoms with Gasteiger partial charge in [0.2, 0.25) is 23.6 Å². The minimum Gasteiger partial charge on any atom is -0.508 e. The van der Waals surface area contributed by atoms with Crippen molar-refractivity contribution >= 4 is 29.6 Å². The van der Waals surface area contributed by atoms with Crippen LogP contribution in [0.15, 0.2) is 24.3 Å². The fourth-order valence-electron chi connectivity index (χ4n) is 4.20. The first-order valence-electron chi connectivity index (χ1n) is 15.2. The van der Waals surface area contributed by atoms with Crippen molar-refractivity contribution in [3.8, 4) is 5.75 Å². The summed E-state index contributed by atoms with van der Waals surface area (Å²) in [6, 6.07) is 4.77. The molecule has 0 saturated heterocycles. The lowest BCUT2D eigenvalue weighted by molar-refractivity contribution is -0.131. The molecular weight excluding hydrogens is 568 g/mol. The van der Waals surface area contributed by atoms with Crippen LogP contribution in [0.3, 0.4) is 0 Å². The van der Waals surface area contributed by atoms with E-state index in [4.69, 9.17) is 22.6 Å². The standard InChI is InChI=1S/C29H52N10O5/c30-22(10-6-17-38-29(32)33)27(43)36-18-8-15-35-14-7-13-34-12-4-1-5-16-37-28(44)23(20-25(31)41)39-26(42)19-21-9-2-3-11-24(21)40/h2-3,9,11,22-23,34-35,40H,1,4-8,10,12-20,30H2,(H2,31,41)(H,36,43)(H,37,44)(H,39,42)(H4,32,33,38). The van der Waals surface area contributed by atoms with Crippen molar-refractivity contribution in [2.24, 2.45) is 17.2 Å². The molecule has 0 heterocycles. The second-order valence-corrected chi connectivity index (χ2v) is 10.5. The quantitative estimate of drug-likeness (QED) is 0.0333. The van der Waals surface area contributed by atoms with Gasteiger partial charge in [-0.1, -0.05) is 24.6 Å². The van der Waals surface area contributed by atoms with Crippen molar-refractivity contribution in [1.82, 2.24) is 31.9 Å². The van der Waals surface area contributed by atoms with Crippen molar-refractivity contribution < 1.29 is 24.3 Å². The number of phenolic OH excluding ortho intramolecular Hbond substituents is 1. The van der Waals surface area contributed by atoms with Gasteiger partial charge >= 0.3 is 0 Å². The number of primary amides is 1. The molecule has 44 heavy (non-hydrogen) atoms. The maximum atomic E-state index is 12.5. The number of rotatable bonds is 25. The maximum absolute atomic E-state index is 12.5. The predicted octanol–water partition coefficient (Wildman–Crippen LogP) is -1.75. The molecule has 0 aromatic heterocycles. The summed E-state index contributed by atoms with van der Waals surface area (Å²) < 4.78 is 0. The van der Waals surface area contributed by atoms with E-state index in [9.17, 15) is 24.3 Å². The Morgan fingerprint density at radius 3 is 1.98 bits per heavy atom. The molecule has 4 amide bonds. The molecule has 0 fully saturated rings. The fourth-order valence-corrected chi connectivity index (χ4v) is 4.20. The number of nitrogens with two attached hydrogens (primary N) is 3. The molecular formula is C29H52N10O5. The summed E-state index contributed by atoms with van der Waals surface area (Å²) in [6.07, 6.45) is 5.12. The second kappa shape index (κ2) is 23.5. The van der Waals surface area contributed by atoms with E-state index in [1.807, 2.05) is 0 Å². The molecule has 0 spiro atoms. The number of aromatic hydroxyl groups is 1. The maximum Gasteiger partial charge on any atom is 0.243 e. The highest BCUT2D eigenvalue weighted by atomic mass is 16.3. The number of carbonyl (C=O) groups excluding carboxylic acids is 4. The molecule has 2 atom stereocenters. The summed E-state index contributed by atoms with van der Waals surface area (Å²) in [5.41, 5.74) is 16.7. The summed E-state index contributed by atoms with van der Waals surface area (Å²) in [4.78, 5) is 48.3. The SMILES string of the molecule is N=C(N)NCCCC(N)C(=O)NCCCNCCCNCCCCCNC(=O)C(CC(N)=O)NC(=O)Cc1ccccc1O. The van der Waals surface area contributed by atoms with Crippen molar-refractivity contribution in [3.05, 3.63) is 29.8 Å². The van der Waals surface area contributed by atoms with Gasteiger partial charge in [-0.3, -0.25) is 24.6 Å². The van der Waals surface area contributed by atoms with Crippen molar-refractivity contribution in [2.75, 3.05) is 45.8 Å². The van der Waals surface area contributed by atoms with Gasteiger partial charge in [0.15, 0.2) is 5.96 Å². The number of amides is 4. The molecule has 0 bridgehead atoms. The number of benzene rings is 1. The third-order valence-electron chi connectivity index (χ3n) is 6.61. The third kappa shape index (κ3) is 19.3. The van der Waals surface area contributed by atoms with Gasteiger partial charge in [-0.15, -0.1) is 0 Å². The van der Waals surface area contributed by atoms with Gasteiger partial charge in [0.25, 0.3) is 0 Å². The number of hydrogen-bond acceptors (Lipinski definition) is 9. The zero-order valence-corrected chi connectivity index (χ0v) is 25.6. The summed E-state index contributed by atoms with van der Waals surface area (Å²) in [5, 5.41) is 34.5. The zero-order chi connectivity index (χ0) is 32.6. The van der Waals surface area contributed by atoms with E-state index >= 15 is 0 Å². The predicted molar refractivity (Wildman–Crippen MR) is 170 cm³/mol. The highest BCUT2D eigenvalue weighted by molar-refractivity contribution is 5.92. The van der Waals surface area contributed by atoms with Crippen LogP contribution in [0.1, 0.15) is 56.9 Å². The van der Waals surface area contributed by atoms with Crippen molar-refractivity contribution in [2.45, 2.75) is 69.9 Å². The van der Waals surface area contributed by atoms with Crippen LogP contribution >= 0.6 is 0 Å². The monoisotopic (exact) mass is 620 g/mol. The molecule has 248 valence electrons. The Morgan fingerprint density at radius 2 is 1.32 bits per heavy atom. The number of para-hydroxylation sites is 1. The average molecular weight is 621 g/mol. The van der Waals surface area contributed by atoms with Crippen LogP contribution in [0.5, 0.6) is 5.75 Å². The van der Waals surface area contributed by atoms with Gasteiger partial charge in [-0.05, 0) is 70.8 Å². The molecule has 15 nitrogen and oxygen atoms in total. The fraction of sp³-hybridized carbons (Fsp3) is 0.621. The number of nitrogens with one attached hydrogen (secondary N) is 7. The minimum absolute atomic E-state index is 0.0185. The van der Waals surface area contributed by atoms with Gasteiger partial charge < -0.3 is 54.2 Å². The summed E-state index contributed by atoms with van der Waals surface area (Å²) >= 11 is 0. The molecule has 0 radical (unpaired) electrons. The van der Waals surface area contributed by atoms with E-state index in [1.165, 1.54) is 6.07 Å². The minimum atomic E-state index is -1.07. The lowest BCUT2D eigenvalue weighted by atomic mass is 10.1. The number of carbonyl (C=O) groups is 4. The van der Waals surface area contributed by atoms with Crippen molar-refractivity contribution in [3.63, 3.8) is 0 Å². The smallest absolute Gasteiger partial charge is 0.243 e. The van der Waals surface area contributed by atoms with E-state index in [1.54, 1.807) is 18.2 Å². The Bertz CT molecular complexity index is 1030. The molecule has 0 aliphatic rings. The number of guanidine groups is 1. The van der Waals surface area contributed by atoms with Crippen LogP contribution in [0.25, 0.3) is 0 Å². The summed E-state index contributed by atoms with van der Waals surface area (Å²) in [6.45, 7) is 4.89. The van der Waals surface area contributed by atoms with Gasteiger partial charge in [0.1, 0.15) is 11.8 Å². The van der Waals surface area contributed by atoms with Gasteiger partial charge in [-0.25, -0.2) is 0 Å².